The van der Waals surface area contributed by atoms with Crippen LogP contribution in [0, 0.1) is 5.92 Å². The quantitative estimate of drug-likeness (QED) is 0.701. The van der Waals surface area contributed by atoms with Crippen LogP contribution in [0.5, 0.6) is 0 Å². The van der Waals surface area contributed by atoms with Crippen molar-refractivity contribution in [3.63, 3.8) is 0 Å². The van der Waals surface area contributed by atoms with Crippen molar-refractivity contribution in [2.24, 2.45) is 5.92 Å². The van der Waals surface area contributed by atoms with Gasteiger partial charge in [-0.1, -0.05) is 12.8 Å². The number of nitrogens with one attached hydrogen (secondary N) is 2. The van der Waals surface area contributed by atoms with Crippen LogP contribution < -0.4 is 10.6 Å². The Morgan fingerprint density at radius 3 is 2.43 bits per heavy atom. The summed E-state index contributed by atoms with van der Waals surface area (Å²) >= 11 is 5.26. The van der Waals surface area contributed by atoms with Crippen LogP contribution in [0.15, 0.2) is 0 Å². The van der Waals surface area contributed by atoms with Crippen molar-refractivity contribution in [1.82, 2.24) is 10.6 Å². The molecule has 2 rings (SSSR count). The second kappa shape index (κ2) is 4.47. The van der Waals surface area contributed by atoms with E-state index in [-0.39, 0.29) is 0 Å². The van der Waals surface area contributed by atoms with Crippen molar-refractivity contribution >= 4 is 17.3 Å². The van der Waals surface area contributed by atoms with Crippen LogP contribution in [-0.4, -0.2) is 17.2 Å². The van der Waals surface area contributed by atoms with Gasteiger partial charge in [0.2, 0.25) is 0 Å². The molecule has 0 heterocycles. The summed E-state index contributed by atoms with van der Waals surface area (Å²) in [5.41, 5.74) is 0. The lowest BCUT2D eigenvalue weighted by atomic mass is 10.0. The first-order valence-electron chi connectivity index (χ1n) is 5.83. The summed E-state index contributed by atoms with van der Waals surface area (Å²) in [4.78, 5) is 0. The van der Waals surface area contributed by atoms with Crippen LogP contribution in [0.1, 0.15) is 45.4 Å². The number of hydrogen-bond donors (Lipinski definition) is 2. The summed E-state index contributed by atoms with van der Waals surface area (Å²) in [7, 11) is 0. The first-order valence-corrected chi connectivity index (χ1v) is 6.23. The van der Waals surface area contributed by atoms with E-state index >= 15 is 0 Å². The molecule has 80 valence electrons. The zero-order valence-corrected chi connectivity index (χ0v) is 9.70. The highest BCUT2D eigenvalue weighted by Gasteiger charge is 2.25. The molecule has 0 spiro atoms. The highest BCUT2D eigenvalue weighted by atomic mass is 32.1. The predicted octanol–water partition coefficient (Wildman–Crippen LogP) is 2.19. The van der Waals surface area contributed by atoms with Gasteiger partial charge in [-0.2, -0.15) is 0 Å². The van der Waals surface area contributed by atoms with E-state index in [0.29, 0.717) is 12.1 Å². The highest BCUT2D eigenvalue weighted by molar-refractivity contribution is 7.80. The maximum atomic E-state index is 5.26. The lowest BCUT2D eigenvalue weighted by Gasteiger charge is -2.22. The van der Waals surface area contributed by atoms with Gasteiger partial charge < -0.3 is 10.6 Å². The van der Waals surface area contributed by atoms with Crippen molar-refractivity contribution < 1.29 is 0 Å². The van der Waals surface area contributed by atoms with Gasteiger partial charge in [0.15, 0.2) is 5.11 Å². The molecule has 2 aliphatic carbocycles. The van der Waals surface area contributed by atoms with Crippen molar-refractivity contribution in [2.75, 3.05) is 0 Å². The third-order valence-corrected chi connectivity index (χ3v) is 3.61. The second-order valence-electron chi connectivity index (χ2n) is 4.73. The van der Waals surface area contributed by atoms with Gasteiger partial charge >= 0.3 is 0 Å². The zero-order chi connectivity index (χ0) is 9.97. The van der Waals surface area contributed by atoms with Gasteiger partial charge in [0.05, 0.1) is 0 Å². The monoisotopic (exact) mass is 212 g/mol. The Kier molecular flexibility index (Phi) is 3.26. The minimum Gasteiger partial charge on any atom is -0.360 e. The molecule has 0 radical (unpaired) electrons. The molecule has 14 heavy (non-hydrogen) atoms. The van der Waals surface area contributed by atoms with Gasteiger partial charge in [-0.05, 0) is 50.7 Å². The van der Waals surface area contributed by atoms with E-state index in [1.807, 2.05) is 0 Å². The van der Waals surface area contributed by atoms with E-state index < -0.39 is 0 Å². The normalized spacial score (nSPS) is 24.6. The van der Waals surface area contributed by atoms with Crippen molar-refractivity contribution in [1.29, 1.82) is 0 Å². The minimum atomic E-state index is 0.552. The topological polar surface area (TPSA) is 24.1 Å². The number of hydrogen-bond acceptors (Lipinski definition) is 1. The molecule has 1 atom stereocenters. The Morgan fingerprint density at radius 2 is 1.86 bits per heavy atom. The Hall–Kier alpha value is -0.310. The molecule has 2 nitrogen and oxygen atoms in total. The van der Waals surface area contributed by atoms with Crippen molar-refractivity contribution in [2.45, 2.75) is 57.5 Å². The maximum Gasteiger partial charge on any atom is 0.166 e. The fourth-order valence-electron chi connectivity index (χ4n) is 2.24. The maximum absolute atomic E-state index is 5.26. The third kappa shape index (κ3) is 2.84. The molecular weight excluding hydrogens is 192 g/mol. The van der Waals surface area contributed by atoms with Crippen LogP contribution in [0.3, 0.4) is 0 Å². The molecule has 2 saturated carbocycles. The number of thiocarbonyl (C=S) groups is 1. The Bertz CT molecular complexity index is 207. The van der Waals surface area contributed by atoms with Crippen LogP contribution in [0.4, 0.5) is 0 Å². The Balaban J connectivity index is 1.69. The lowest BCUT2D eigenvalue weighted by Crippen LogP contribution is -2.44. The molecule has 2 fully saturated rings. The van der Waals surface area contributed by atoms with Crippen LogP contribution in [0.2, 0.25) is 0 Å². The van der Waals surface area contributed by atoms with Crippen LogP contribution in [0.25, 0.3) is 0 Å². The average molecular weight is 212 g/mol. The number of rotatable bonds is 3. The van der Waals surface area contributed by atoms with Crippen molar-refractivity contribution in [3.05, 3.63) is 0 Å². The van der Waals surface area contributed by atoms with E-state index in [0.717, 1.165) is 11.0 Å². The van der Waals surface area contributed by atoms with Crippen LogP contribution in [-0.2, 0) is 0 Å². The van der Waals surface area contributed by atoms with Gasteiger partial charge in [0.1, 0.15) is 0 Å². The smallest absolute Gasteiger partial charge is 0.166 e. The first-order chi connectivity index (χ1) is 6.75. The van der Waals surface area contributed by atoms with E-state index in [2.05, 4.69) is 17.6 Å². The summed E-state index contributed by atoms with van der Waals surface area (Å²) in [6, 6.07) is 1.22. The highest BCUT2D eigenvalue weighted by Crippen LogP contribution is 2.27. The van der Waals surface area contributed by atoms with Crippen molar-refractivity contribution in [3.8, 4) is 0 Å². The van der Waals surface area contributed by atoms with Gasteiger partial charge in [0, 0.05) is 12.1 Å². The molecule has 2 aliphatic rings. The standard InChI is InChI=1S/C11H20N2S/c1-8(9-4-2-3-5-9)12-11(14)13-10-6-7-10/h8-10H,2-7H2,1H3,(H2,12,13,14). The van der Waals surface area contributed by atoms with Gasteiger partial charge in [0.25, 0.3) is 0 Å². The average Bonchev–Trinajstić information content (AvgIpc) is 2.80. The fourth-order valence-corrected chi connectivity index (χ4v) is 2.59. The minimum absolute atomic E-state index is 0.552. The van der Waals surface area contributed by atoms with Gasteiger partial charge in [-0.25, -0.2) is 0 Å². The summed E-state index contributed by atoms with van der Waals surface area (Å²) in [6.07, 6.45) is 8.14. The summed E-state index contributed by atoms with van der Waals surface area (Å²) < 4.78 is 0. The molecule has 0 saturated heterocycles. The molecule has 2 N–H and O–H groups in total. The lowest BCUT2D eigenvalue weighted by molar-refractivity contribution is 0.424. The Morgan fingerprint density at radius 1 is 1.21 bits per heavy atom. The molecule has 0 bridgehead atoms. The van der Waals surface area contributed by atoms with Gasteiger partial charge in [-0.15, -0.1) is 0 Å². The van der Waals surface area contributed by atoms with E-state index in [1.165, 1.54) is 38.5 Å². The van der Waals surface area contributed by atoms with E-state index in [1.54, 1.807) is 0 Å². The molecule has 0 aliphatic heterocycles. The van der Waals surface area contributed by atoms with E-state index in [9.17, 15) is 0 Å². The first kappa shape index (κ1) is 10.2. The zero-order valence-electron chi connectivity index (χ0n) is 8.88. The summed E-state index contributed by atoms with van der Waals surface area (Å²) in [6.45, 7) is 2.26. The largest absolute Gasteiger partial charge is 0.360 e. The molecule has 0 amide bonds. The SMILES string of the molecule is CC(NC(=S)NC1CC1)C1CCCC1. The summed E-state index contributed by atoms with van der Waals surface area (Å²) in [5, 5.41) is 7.61. The molecule has 1 unspecified atom stereocenters. The molecule has 0 aromatic rings. The molecular formula is C11H20N2S. The Labute approximate surface area is 91.8 Å². The summed E-state index contributed by atoms with van der Waals surface area (Å²) in [5.74, 6) is 0.842. The molecule has 0 aromatic heterocycles. The second-order valence-corrected chi connectivity index (χ2v) is 5.13. The van der Waals surface area contributed by atoms with Gasteiger partial charge in [-0.3, -0.25) is 0 Å². The predicted molar refractivity (Wildman–Crippen MR) is 63.3 cm³/mol. The third-order valence-electron chi connectivity index (χ3n) is 3.38. The molecule has 0 aromatic carbocycles. The van der Waals surface area contributed by atoms with Crippen LogP contribution >= 0.6 is 12.2 Å². The fraction of sp³-hybridized carbons (Fsp3) is 0.909. The molecule has 3 heteroatoms. The van der Waals surface area contributed by atoms with E-state index in [4.69, 9.17) is 12.2 Å².